The molecule has 1 saturated heterocycles. The standard InChI is InChI=1S/C16H24N2O3S.ClH/c1-16(2)7-3-8-17-15(16)11-18-22(19,20)13-4-5-14-12(10-13)6-9-21-14;/h4-5,10,15,17-18H,3,6-9,11H2,1-2H3;1H. The molecule has 0 aromatic heterocycles. The van der Waals surface area contributed by atoms with E-state index in [9.17, 15) is 8.42 Å². The summed E-state index contributed by atoms with van der Waals surface area (Å²) < 4.78 is 33.2. The fraction of sp³-hybridized carbons (Fsp3) is 0.625. The van der Waals surface area contributed by atoms with Gasteiger partial charge in [-0.2, -0.15) is 0 Å². The van der Waals surface area contributed by atoms with Crippen LogP contribution < -0.4 is 14.8 Å². The van der Waals surface area contributed by atoms with Crippen LogP contribution >= 0.6 is 12.4 Å². The van der Waals surface area contributed by atoms with E-state index in [4.69, 9.17) is 4.74 Å². The molecule has 0 saturated carbocycles. The first kappa shape index (κ1) is 18.5. The van der Waals surface area contributed by atoms with Gasteiger partial charge in [0, 0.05) is 19.0 Å². The van der Waals surface area contributed by atoms with E-state index in [0.717, 1.165) is 37.1 Å². The SMILES string of the molecule is CC1(C)CCCNC1CNS(=O)(=O)c1ccc2c(c1)CCO2.Cl. The Bertz CT molecular complexity index is 661. The van der Waals surface area contributed by atoms with E-state index in [1.54, 1.807) is 18.2 Å². The van der Waals surface area contributed by atoms with Crippen LogP contribution in [0, 0.1) is 5.41 Å². The minimum absolute atomic E-state index is 0. The predicted molar refractivity (Wildman–Crippen MR) is 92.9 cm³/mol. The number of halogens is 1. The second-order valence-corrected chi connectivity index (χ2v) is 8.59. The molecule has 2 aliphatic rings. The quantitative estimate of drug-likeness (QED) is 0.862. The summed E-state index contributed by atoms with van der Waals surface area (Å²) in [6.07, 6.45) is 3.03. The summed E-state index contributed by atoms with van der Waals surface area (Å²) in [5.41, 5.74) is 1.08. The molecule has 2 heterocycles. The number of rotatable bonds is 4. The minimum Gasteiger partial charge on any atom is -0.493 e. The number of fused-ring (bicyclic) bond motifs is 1. The zero-order chi connectivity index (χ0) is 15.8. The van der Waals surface area contributed by atoms with Crippen molar-refractivity contribution in [3.05, 3.63) is 23.8 Å². The number of hydrogen-bond donors (Lipinski definition) is 2. The molecule has 5 nitrogen and oxygen atoms in total. The van der Waals surface area contributed by atoms with Gasteiger partial charge in [-0.15, -0.1) is 12.4 Å². The fourth-order valence-corrected chi connectivity index (χ4v) is 4.32. The maximum Gasteiger partial charge on any atom is 0.240 e. The van der Waals surface area contributed by atoms with Gasteiger partial charge in [-0.1, -0.05) is 13.8 Å². The molecule has 2 N–H and O–H groups in total. The first-order valence-corrected chi connectivity index (χ1v) is 9.36. The van der Waals surface area contributed by atoms with Crippen molar-refractivity contribution in [2.45, 2.75) is 44.0 Å². The Morgan fingerprint density at radius 1 is 1.39 bits per heavy atom. The number of sulfonamides is 1. The van der Waals surface area contributed by atoms with Crippen molar-refractivity contribution in [1.82, 2.24) is 10.0 Å². The average molecular weight is 361 g/mol. The van der Waals surface area contributed by atoms with Crippen LogP contribution in [0.3, 0.4) is 0 Å². The van der Waals surface area contributed by atoms with Crippen LogP contribution in [0.4, 0.5) is 0 Å². The second kappa shape index (κ2) is 6.97. The van der Waals surface area contributed by atoms with Crippen molar-refractivity contribution in [3.8, 4) is 5.75 Å². The Balaban J connectivity index is 0.00000192. The van der Waals surface area contributed by atoms with Crippen molar-refractivity contribution >= 4 is 22.4 Å². The average Bonchev–Trinajstić information content (AvgIpc) is 2.93. The monoisotopic (exact) mass is 360 g/mol. The molecular weight excluding hydrogens is 336 g/mol. The van der Waals surface area contributed by atoms with Gasteiger partial charge in [0.15, 0.2) is 0 Å². The summed E-state index contributed by atoms with van der Waals surface area (Å²) in [5, 5.41) is 3.43. The number of benzene rings is 1. The molecule has 1 aromatic rings. The van der Waals surface area contributed by atoms with Crippen LogP contribution in [0.2, 0.25) is 0 Å². The lowest BCUT2D eigenvalue weighted by atomic mass is 9.78. The van der Waals surface area contributed by atoms with Gasteiger partial charge in [0.1, 0.15) is 5.75 Å². The third-order valence-electron chi connectivity index (χ3n) is 4.78. The molecule has 7 heteroatoms. The molecule has 1 aromatic carbocycles. The van der Waals surface area contributed by atoms with Gasteiger partial charge < -0.3 is 10.1 Å². The number of piperidine rings is 1. The normalized spacial score (nSPS) is 22.8. The lowest BCUT2D eigenvalue weighted by molar-refractivity contribution is 0.181. The highest BCUT2D eigenvalue weighted by Gasteiger charge is 2.32. The Morgan fingerprint density at radius 3 is 2.91 bits per heavy atom. The Kier molecular flexibility index (Phi) is 5.61. The largest absolute Gasteiger partial charge is 0.493 e. The van der Waals surface area contributed by atoms with Gasteiger partial charge in [0.25, 0.3) is 0 Å². The van der Waals surface area contributed by atoms with Gasteiger partial charge in [-0.05, 0) is 48.6 Å². The number of hydrogen-bond acceptors (Lipinski definition) is 4. The number of ether oxygens (including phenoxy) is 1. The fourth-order valence-electron chi connectivity index (χ4n) is 3.23. The maximum absolute atomic E-state index is 12.5. The van der Waals surface area contributed by atoms with Gasteiger partial charge in [0.05, 0.1) is 11.5 Å². The zero-order valence-corrected chi connectivity index (χ0v) is 15.2. The maximum atomic E-state index is 12.5. The highest BCUT2D eigenvalue weighted by molar-refractivity contribution is 7.89. The number of nitrogens with one attached hydrogen (secondary N) is 2. The molecule has 1 unspecified atom stereocenters. The van der Waals surface area contributed by atoms with Gasteiger partial charge >= 0.3 is 0 Å². The van der Waals surface area contributed by atoms with Crippen LogP contribution in [-0.2, 0) is 16.4 Å². The summed E-state index contributed by atoms with van der Waals surface area (Å²) in [5.74, 6) is 0.800. The van der Waals surface area contributed by atoms with Crippen molar-refractivity contribution in [3.63, 3.8) is 0 Å². The molecular formula is C16H25ClN2O3S. The van der Waals surface area contributed by atoms with Crippen LogP contribution in [0.25, 0.3) is 0 Å². The molecule has 0 aliphatic carbocycles. The van der Waals surface area contributed by atoms with Gasteiger partial charge in [-0.25, -0.2) is 13.1 Å². The molecule has 130 valence electrons. The molecule has 0 spiro atoms. The summed E-state index contributed by atoms with van der Waals surface area (Å²) in [6.45, 7) is 6.37. The Morgan fingerprint density at radius 2 is 2.17 bits per heavy atom. The van der Waals surface area contributed by atoms with Crippen LogP contribution in [0.5, 0.6) is 5.75 Å². The smallest absolute Gasteiger partial charge is 0.240 e. The molecule has 1 fully saturated rings. The van der Waals surface area contributed by atoms with Crippen molar-refractivity contribution in [1.29, 1.82) is 0 Å². The Labute approximate surface area is 144 Å². The van der Waals surface area contributed by atoms with Crippen molar-refractivity contribution in [2.24, 2.45) is 5.41 Å². The lowest BCUT2D eigenvalue weighted by Gasteiger charge is -2.39. The molecule has 2 aliphatic heterocycles. The lowest BCUT2D eigenvalue weighted by Crippen LogP contribution is -2.52. The molecule has 0 amide bonds. The van der Waals surface area contributed by atoms with E-state index in [2.05, 4.69) is 23.9 Å². The van der Waals surface area contributed by atoms with Crippen LogP contribution in [-0.4, -0.2) is 34.2 Å². The highest BCUT2D eigenvalue weighted by Crippen LogP contribution is 2.30. The zero-order valence-electron chi connectivity index (χ0n) is 13.6. The first-order valence-electron chi connectivity index (χ1n) is 7.87. The topological polar surface area (TPSA) is 67.4 Å². The van der Waals surface area contributed by atoms with E-state index in [0.29, 0.717) is 18.0 Å². The van der Waals surface area contributed by atoms with Crippen molar-refractivity contribution < 1.29 is 13.2 Å². The van der Waals surface area contributed by atoms with E-state index in [1.807, 2.05) is 0 Å². The first-order chi connectivity index (χ1) is 10.4. The Hall–Kier alpha value is -0.820. The molecule has 1 atom stereocenters. The minimum atomic E-state index is -3.48. The highest BCUT2D eigenvalue weighted by atomic mass is 35.5. The summed E-state index contributed by atoms with van der Waals surface area (Å²) in [4.78, 5) is 0.324. The van der Waals surface area contributed by atoms with Gasteiger partial charge in [-0.3, -0.25) is 0 Å². The van der Waals surface area contributed by atoms with Crippen molar-refractivity contribution in [2.75, 3.05) is 19.7 Å². The summed E-state index contributed by atoms with van der Waals surface area (Å²) >= 11 is 0. The van der Waals surface area contributed by atoms with E-state index in [-0.39, 0.29) is 23.9 Å². The molecule has 0 bridgehead atoms. The van der Waals surface area contributed by atoms with Crippen LogP contribution in [0.1, 0.15) is 32.3 Å². The van der Waals surface area contributed by atoms with E-state index < -0.39 is 10.0 Å². The second-order valence-electron chi connectivity index (χ2n) is 6.82. The molecule has 0 radical (unpaired) electrons. The molecule has 3 rings (SSSR count). The van der Waals surface area contributed by atoms with E-state index in [1.165, 1.54) is 0 Å². The third-order valence-corrected chi connectivity index (χ3v) is 6.20. The predicted octanol–water partition coefficient (Wildman–Crippen LogP) is 2.10. The summed E-state index contributed by atoms with van der Waals surface area (Å²) in [7, 11) is -3.48. The third kappa shape index (κ3) is 3.99. The summed E-state index contributed by atoms with van der Waals surface area (Å²) in [6, 6.07) is 5.25. The van der Waals surface area contributed by atoms with Gasteiger partial charge in [0.2, 0.25) is 10.0 Å². The van der Waals surface area contributed by atoms with Crippen LogP contribution in [0.15, 0.2) is 23.1 Å². The molecule has 23 heavy (non-hydrogen) atoms. The van der Waals surface area contributed by atoms with E-state index >= 15 is 0 Å².